The van der Waals surface area contributed by atoms with Gasteiger partial charge in [-0.05, 0) is 48.4 Å². The summed E-state index contributed by atoms with van der Waals surface area (Å²) in [6, 6.07) is 11.2. The molecule has 1 N–H and O–H groups in total. The topological polar surface area (TPSA) is 38.7 Å². The van der Waals surface area contributed by atoms with Gasteiger partial charge in [0.15, 0.2) is 0 Å². The second-order valence-electron chi connectivity index (χ2n) is 4.57. The maximum absolute atomic E-state index is 10.6. The predicted octanol–water partition coefficient (Wildman–Crippen LogP) is 3.86. The molecule has 0 fully saturated rings. The number of benzene rings is 2. The number of hydrogen-bond donors (Lipinski definition) is 1. The summed E-state index contributed by atoms with van der Waals surface area (Å²) in [7, 11) is 3.19. The summed E-state index contributed by atoms with van der Waals surface area (Å²) in [6.07, 6.45) is -0.767. The molecule has 0 aromatic heterocycles. The van der Waals surface area contributed by atoms with Gasteiger partial charge in [0.1, 0.15) is 17.6 Å². The van der Waals surface area contributed by atoms with E-state index in [-0.39, 0.29) is 0 Å². The summed E-state index contributed by atoms with van der Waals surface area (Å²) in [5, 5.41) is 10.6. The van der Waals surface area contributed by atoms with Crippen LogP contribution in [0.2, 0.25) is 0 Å². The van der Waals surface area contributed by atoms with Crippen molar-refractivity contribution in [2.75, 3.05) is 14.2 Å². The molecule has 0 heterocycles. The average Bonchev–Trinajstić information content (AvgIpc) is 2.44. The molecule has 0 saturated carbocycles. The van der Waals surface area contributed by atoms with Gasteiger partial charge in [-0.2, -0.15) is 0 Å². The van der Waals surface area contributed by atoms with E-state index in [4.69, 9.17) is 9.47 Å². The first kappa shape index (κ1) is 14.9. The first-order valence-electron chi connectivity index (χ1n) is 6.22. The minimum absolute atomic E-state index is 0.635. The van der Waals surface area contributed by atoms with Crippen LogP contribution in [0, 0.1) is 6.92 Å². The van der Waals surface area contributed by atoms with Gasteiger partial charge in [-0.25, -0.2) is 0 Å². The van der Waals surface area contributed by atoms with E-state index >= 15 is 0 Å². The summed E-state index contributed by atoms with van der Waals surface area (Å²) >= 11 is 3.45. The summed E-state index contributed by atoms with van der Waals surface area (Å²) in [4.78, 5) is 0. The molecular formula is C16H17BrO3. The van der Waals surface area contributed by atoms with E-state index in [9.17, 15) is 5.11 Å². The monoisotopic (exact) mass is 336 g/mol. The predicted molar refractivity (Wildman–Crippen MR) is 82.5 cm³/mol. The molecule has 20 heavy (non-hydrogen) atoms. The fourth-order valence-corrected chi connectivity index (χ4v) is 2.78. The Morgan fingerprint density at radius 2 is 1.80 bits per heavy atom. The van der Waals surface area contributed by atoms with E-state index < -0.39 is 6.10 Å². The van der Waals surface area contributed by atoms with Crippen LogP contribution in [0.4, 0.5) is 0 Å². The van der Waals surface area contributed by atoms with Crippen LogP contribution < -0.4 is 9.47 Å². The number of aliphatic hydroxyl groups excluding tert-OH is 1. The van der Waals surface area contributed by atoms with Crippen LogP contribution in [0.5, 0.6) is 11.5 Å². The van der Waals surface area contributed by atoms with Crippen molar-refractivity contribution in [2.24, 2.45) is 0 Å². The minimum Gasteiger partial charge on any atom is -0.497 e. The lowest BCUT2D eigenvalue weighted by Gasteiger charge is -2.17. The van der Waals surface area contributed by atoms with Crippen molar-refractivity contribution < 1.29 is 14.6 Å². The molecule has 0 radical (unpaired) electrons. The SMILES string of the molecule is COc1ccc(OC)c(C(O)c2cc(C)cc(Br)c2)c1. The maximum atomic E-state index is 10.6. The fraction of sp³-hybridized carbons (Fsp3) is 0.250. The summed E-state index contributed by atoms with van der Waals surface area (Å²) in [6.45, 7) is 1.99. The van der Waals surface area contributed by atoms with Crippen LogP contribution in [0.3, 0.4) is 0 Å². The third-order valence-electron chi connectivity index (χ3n) is 3.11. The zero-order valence-corrected chi connectivity index (χ0v) is 13.3. The molecule has 1 atom stereocenters. The number of aliphatic hydroxyl groups is 1. The van der Waals surface area contributed by atoms with Crippen molar-refractivity contribution in [1.29, 1.82) is 0 Å². The Hall–Kier alpha value is -1.52. The quantitative estimate of drug-likeness (QED) is 0.921. The highest BCUT2D eigenvalue weighted by Crippen LogP contribution is 2.34. The van der Waals surface area contributed by atoms with Gasteiger partial charge >= 0.3 is 0 Å². The first-order valence-corrected chi connectivity index (χ1v) is 7.01. The molecule has 0 aliphatic carbocycles. The van der Waals surface area contributed by atoms with E-state index in [2.05, 4.69) is 15.9 Å². The Morgan fingerprint density at radius 3 is 2.40 bits per heavy atom. The second-order valence-corrected chi connectivity index (χ2v) is 5.49. The van der Waals surface area contributed by atoms with Crippen molar-refractivity contribution in [2.45, 2.75) is 13.0 Å². The molecule has 0 saturated heterocycles. The smallest absolute Gasteiger partial charge is 0.125 e. The third-order valence-corrected chi connectivity index (χ3v) is 3.57. The lowest BCUT2D eigenvalue weighted by molar-refractivity contribution is 0.214. The molecule has 1 unspecified atom stereocenters. The lowest BCUT2D eigenvalue weighted by atomic mass is 9.99. The molecular weight excluding hydrogens is 320 g/mol. The highest BCUT2D eigenvalue weighted by atomic mass is 79.9. The standard InChI is InChI=1S/C16H17BrO3/c1-10-6-11(8-12(17)7-10)16(18)14-9-13(19-2)4-5-15(14)20-3/h4-9,16,18H,1-3H3. The van der Waals surface area contributed by atoms with Gasteiger partial charge in [-0.3, -0.25) is 0 Å². The van der Waals surface area contributed by atoms with E-state index in [0.29, 0.717) is 17.1 Å². The van der Waals surface area contributed by atoms with Gasteiger partial charge in [0.25, 0.3) is 0 Å². The lowest BCUT2D eigenvalue weighted by Crippen LogP contribution is -2.03. The van der Waals surface area contributed by atoms with Crippen LogP contribution in [0.1, 0.15) is 22.8 Å². The molecule has 4 heteroatoms. The minimum atomic E-state index is -0.767. The number of methoxy groups -OCH3 is 2. The van der Waals surface area contributed by atoms with Gasteiger partial charge < -0.3 is 14.6 Å². The Balaban J connectivity index is 2.48. The normalized spacial score (nSPS) is 12.1. The third kappa shape index (κ3) is 3.14. The van der Waals surface area contributed by atoms with Crippen LogP contribution >= 0.6 is 15.9 Å². The average molecular weight is 337 g/mol. The molecule has 2 rings (SSSR count). The van der Waals surface area contributed by atoms with Crippen molar-refractivity contribution in [3.63, 3.8) is 0 Å². The fourth-order valence-electron chi connectivity index (χ4n) is 2.16. The maximum Gasteiger partial charge on any atom is 0.125 e. The van der Waals surface area contributed by atoms with Crippen molar-refractivity contribution >= 4 is 15.9 Å². The molecule has 3 nitrogen and oxygen atoms in total. The zero-order chi connectivity index (χ0) is 14.7. The Kier molecular flexibility index (Phi) is 4.68. The molecule has 2 aromatic rings. The van der Waals surface area contributed by atoms with Crippen LogP contribution in [-0.4, -0.2) is 19.3 Å². The molecule has 0 spiro atoms. The highest BCUT2D eigenvalue weighted by molar-refractivity contribution is 9.10. The number of rotatable bonds is 4. The second kappa shape index (κ2) is 6.29. The molecule has 0 bridgehead atoms. The van der Waals surface area contributed by atoms with Gasteiger partial charge in [0.05, 0.1) is 14.2 Å². The molecule has 2 aromatic carbocycles. The molecule has 0 aliphatic heterocycles. The van der Waals surface area contributed by atoms with Gasteiger partial charge in [0, 0.05) is 10.0 Å². The summed E-state index contributed by atoms with van der Waals surface area (Å²) in [5.74, 6) is 1.32. The van der Waals surface area contributed by atoms with Gasteiger partial charge in [-0.15, -0.1) is 0 Å². The van der Waals surface area contributed by atoms with Crippen LogP contribution in [-0.2, 0) is 0 Å². The summed E-state index contributed by atoms with van der Waals surface area (Å²) in [5.41, 5.74) is 2.57. The summed E-state index contributed by atoms with van der Waals surface area (Å²) < 4.78 is 11.5. The Bertz CT molecular complexity index is 590. The van der Waals surface area contributed by atoms with Gasteiger partial charge in [-0.1, -0.05) is 22.0 Å². The van der Waals surface area contributed by atoms with Crippen LogP contribution in [0.25, 0.3) is 0 Å². The molecule has 106 valence electrons. The van der Waals surface area contributed by atoms with E-state index in [1.807, 2.05) is 25.1 Å². The molecule has 0 amide bonds. The Morgan fingerprint density at radius 1 is 1.05 bits per heavy atom. The van der Waals surface area contributed by atoms with Gasteiger partial charge in [0.2, 0.25) is 0 Å². The van der Waals surface area contributed by atoms with Crippen molar-refractivity contribution in [3.8, 4) is 11.5 Å². The first-order chi connectivity index (χ1) is 9.55. The molecule has 0 aliphatic rings. The van der Waals surface area contributed by atoms with E-state index in [1.165, 1.54) is 0 Å². The number of aryl methyl sites for hydroxylation is 1. The van der Waals surface area contributed by atoms with E-state index in [1.54, 1.807) is 32.4 Å². The van der Waals surface area contributed by atoms with Crippen molar-refractivity contribution in [1.82, 2.24) is 0 Å². The largest absolute Gasteiger partial charge is 0.497 e. The number of hydrogen-bond acceptors (Lipinski definition) is 3. The highest BCUT2D eigenvalue weighted by Gasteiger charge is 2.17. The Labute approximate surface area is 127 Å². The zero-order valence-electron chi connectivity index (χ0n) is 11.7. The number of ether oxygens (including phenoxy) is 2. The van der Waals surface area contributed by atoms with Crippen LogP contribution in [0.15, 0.2) is 40.9 Å². The van der Waals surface area contributed by atoms with Crippen molar-refractivity contribution in [3.05, 3.63) is 57.6 Å². The van der Waals surface area contributed by atoms with E-state index in [0.717, 1.165) is 15.6 Å². The number of halogens is 1.